The van der Waals surface area contributed by atoms with E-state index in [0.717, 1.165) is 29.0 Å². The summed E-state index contributed by atoms with van der Waals surface area (Å²) in [6.07, 6.45) is 2.61. The molecule has 4 heteroatoms. The predicted octanol–water partition coefficient (Wildman–Crippen LogP) is 4.43. The van der Waals surface area contributed by atoms with Gasteiger partial charge in [0, 0.05) is 17.3 Å². The third-order valence-corrected chi connectivity index (χ3v) is 3.77. The zero-order valence-electron chi connectivity index (χ0n) is 13.5. The van der Waals surface area contributed by atoms with E-state index in [2.05, 4.69) is 11.9 Å². The summed E-state index contributed by atoms with van der Waals surface area (Å²) in [5, 5.41) is 8.41. The molecule has 2 aromatic carbocycles. The number of aromatic nitrogens is 1. The highest BCUT2D eigenvalue weighted by molar-refractivity contribution is 6.13. The number of nitrogens with one attached hydrogen (secondary N) is 1. The summed E-state index contributed by atoms with van der Waals surface area (Å²) >= 11 is 0. The lowest BCUT2D eigenvalue weighted by molar-refractivity contribution is 0.482. The standard InChI is InChI=1S/C20H19N3O/c1-2-14-12-18(20(22)23-13-14)19(21)15-8-10-17(11-9-15)24-16-6-4-3-5-7-16/h3-13,21H,2H2,1H3,(H2,22,23). The van der Waals surface area contributed by atoms with Crippen LogP contribution in [0.4, 0.5) is 5.82 Å². The number of nitrogens with zero attached hydrogens (tertiary/aromatic N) is 1. The van der Waals surface area contributed by atoms with Crippen molar-refractivity contribution in [1.82, 2.24) is 4.98 Å². The lowest BCUT2D eigenvalue weighted by Gasteiger charge is -2.10. The van der Waals surface area contributed by atoms with E-state index >= 15 is 0 Å². The molecule has 1 heterocycles. The summed E-state index contributed by atoms with van der Waals surface area (Å²) in [5.41, 5.74) is 8.80. The van der Waals surface area contributed by atoms with Crippen molar-refractivity contribution in [2.45, 2.75) is 13.3 Å². The molecule has 0 aliphatic carbocycles. The molecule has 0 spiro atoms. The van der Waals surface area contributed by atoms with Crippen LogP contribution in [-0.2, 0) is 6.42 Å². The SMILES string of the molecule is CCc1cnc(N)c(C(=N)c2ccc(Oc3ccccc3)cc2)c1. The highest BCUT2D eigenvalue weighted by atomic mass is 16.5. The van der Waals surface area contributed by atoms with Crippen LogP contribution in [0, 0.1) is 5.41 Å². The average Bonchev–Trinajstić information content (AvgIpc) is 2.63. The van der Waals surface area contributed by atoms with Crippen LogP contribution in [0.1, 0.15) is 23.6 Å². The van der Waals surface area contributed by atoms with Crippen molar-refractivity contribution in [2.75, 3.05) is 5.73 Å². The van der Waals surface area contributed by atoms with Gasteiger partial charge in [0.25, 0.3) is 0 Å². The second-order valence-corrected chi connectivity index (χ2v) is 5.44. The van der Waals surface area contributed by atoms with Crippen molar-refractivity contribution >= 4 is 11.5 Å². The van der Waals surface area contributed by atoms with E-state index < -0.39 is 0 Å². The Bertz CT molecular complexity index is 843. The summed E-state index contributed by atoms with van der Waals surface area (Å²) in [6, 6.07) is 19.0. The maximum Gasteiger partial charge on any atom is 0.132 e. The van der Waals surface area contributed by atoms with Crippen LogP contribution in [0.25, 0.3) is 0 Å². The van der Waals surface area contributed by atoms with Gasteiger partial charge in [0.1, 0.15) is 17.3 Å². The number of aryl methyl sites for hydroxylation is 1. The zero-order chi connectivity index (χ0) is 16.9. The van der Waals surface area contributed by atoms with Crippen LogP contribution in [0.15, 0.2) is 66.9 Å². The Morgan fingerprint density at radius 1 is 1.04 bits per heavy atom. The first kappa shape index (κ1) is 15.7. The van der Waals surface area contributed by atoms with Crippen molar-refractivity contribution in [2.24, 2.45) is 0 Å². The minimum Gasteiger partial charge on any atom is -0.457 e. The molecule has 0 amide bonds. The maximum absolute atomic E-state index is 8.41. The molecule has 24 heavy (non-hydrogen) atoms. The summed E-state index contributed by atoms with van der Waals surface area (Å²) in [5.74, 6) is 1.89. The normalized spacial score (nSPS) is 10.4. The minimum atomic E-state index is 0.363. The maximum atomic E-state index is 8.41. The van der Waals surface area contributed by atoms with Crippen LogP contribution in [0.2, 0.25) is 0 Å². The number of hydrogen-bond acceptors (Lipinski definition) is 4. The van der Waals surface area contributed by atoms with Gasteiger partial charge in [-0.1, -0.05) is 25.1 Å². The van der Waals surface area contributed by atoms with E-state index in [-0.39, 0.29) is 0 Å². The summed E-state index contributed by atoms with van der Waals surface area (Å²) < 4.78 is 5.77. The number of nitrogens with two attached hydrogens (primary N) is 1. The Balaban J connectivity index is 1.81. The molecule has 0 radical (unpaired) electrons. The van der Waals surface area contributed by atoms with E-state index in [4.69, 9.17) is 15.9 Å². The van der Waals surface area contributed by atoms with Gasteiger partial charge in [-0.15, -0.1) is 0 Å². The lowest BCUT2D eigenvalue weighted by atomic mass is 10.0. The van der Waals surface area contributed by atoms with Crippen molar-refractivity contribution in [1.29, 1.82) is 5.41 Å². The molecule has 0 bridgehead atoms. The number of ether oxygens (including phenoxy) is 1. The fourth-order valence-electron chi connectivity index (χ4n) is 2.38. The molecular formula is C20H19N3O. The Hall–Kier alpha value is -3.14. The van der Waals surface area contributed by atoms with Gasteiger partial charge in [-0.2, -0.15) is 0 Å². The molecule has 0 aliphatic heterocycles. The van der Waals surface area contributed by atoms with Crippen molar-refractivity contribution < 1.29 is 4.74 Å². The first-order valence-electron chi connectivity index (χ1n) is 7.84. The first-order chi connectivity index (χ1) is 11.7. The Morgan fingerprint density at radius 2 is 1.71 bits per heavy atom. The first-order valence-corrected chi connectivity index (χ1v) is 7.84. The van der Waals surface area contributed by atoms with Gasteiger partial charge < -0.3 is 10.5 Å². The Morgan fingerprint density at radius 3 is 2.38 bits per heavy atom. The number of benzene rings is 2. The molecular weight excluding hydrogens is 298 g/mol. The summed E-state index contributed by atoms with van der Waals surface area (Å²) in [6.45, 7) is 2.05. The van der Waals surface area contributed by atoms with Crippen LogP contribution in [0.5, 0.6) is 11.5 Å². The number of nitrogen functional groups attached to an aromatic ring is 1. The fraction of sp³-hybridized carbons (Fsp3) is 0.100. The molecule has 3 N–H and O–H groups in total. The number of rotatable bonds is 5. The van der Waals surface area contributed by atoms with E-state index in [1.54, 1.807) is 6.20 Å². The molecule has 0 unspecified atom stereocenters. The van der Waals surface area contributed by atoms with Gasteiger partial charge in [-0.05, 0) is 54.4 Å². The molecule has 3 aromatic rings. The number of hydrogen-bond donors (Lipinski definition) is 2. The molecule has 4 nitrogen and oxygen atoms in total. The molecule has 0 fully saturated rings. The highest BCUT2D eigenvalue weighted by Gasteiger charge is 2.10. The zero-order valence-corrected chi connectivity index (χ0v) is 13.5. The van der Waals surface area contributed by atoms with Gasteiger partial charge in [-0.25, -0.2) is 4.98 Å². The Kier molecular flexibility index (Phi) is 4.57. The van der Waals surface area contributed by atoms with Crippen LogP contribution in [0.3, 0.4) is 0 Å². The van der Waals surface area contributed by atoms with Gasteiger partial charge >= 0.3 is 0 Å². The smallest absolute Gasteiger partial charge is 0.132 e. The molecule has 1 aromatic heterocycles. The van der Waals surface area contributed by atoms with Crippen molar-refractivity contribution in [3.8, 4) is 11.5 Å². The fourth-order valence-corrected chi connectivity index (χ4v) is 2.38. The third-order valence-electron chi connectivity index (χ3n) is 3.77. The molecule has 0 aliphatic rings. The number of anilines is 1. The van der Waals surface area contributed by atoms with Gasteiger partial charge in [0.2, 0.25) is 0 Å². The van der Waals surface area contributed by atoms with Gasteiger partial charge in [0.05, 0.1) is 5.71 Å². The predicted molar refractivity (Wildman–Crippen MR) is 96.9 cm³/mol. The average molecular weight is 317 g/mol. The minimum absolute atomic E-state index is 0.363. The van der Waals surface area contributed by atoms with Crippen molar-refractivity contribution in [3.63, 3.8) is 0 Å². The quantitative estimate of drug-likeness (QED) is 0.684. The van der Waals surface area contributed by atoms with E-state index in [1.165, 1.54) is 0 Å². The highest BCUT2D eigenvalue weighted by Crippen LogP contribution is 2.23. The number of pyridine rings is 1. The summed E-state index contributed by atoms with van der Waals surface area (Å²) in [7, 11) is 0. The molecule has 0 saturated carbocycles. The topological polar surface area (TPSA) is 72.0 Å². The molecule has 3 rings (SSSR count). The van der Waals surface area contributed by atoms with Crippen LogP contribution < -0.4 is 10.5 Å². The largest absolute Gasteiger partial charge is 0.457 e. The molecule has 120 valence electrons. The summed E-state index contributed by atoms with van der Waals surface area (Å²) in [4.78, 5) is 4.18. The van der Waals surface area contributed by atoms with E-state index in [0.29, 0.717) is 17.1 Å². The van der Waals surface area contributed by atoms with Gasteiger partial charge in [0.15, 0.2) is 0 Å². The van der Waals surface area contributed by atoms with Crippen LogP contribution in [-0.4, -0.2) is 10.7 Å². The van der Waals surface area contributed by atoms with Crippen LogP contribution >= 0.6 is 0 Å². The second-order valence-electron chi connectivity index (χ2n) is 5.44. The Labute approximate surface area is 141 Å². The molecule has 0 atom stereocenters. The van der Waals surface area contributed by atoms with E-state index in [9.17, 15) is 0 Å². The van der Waals surface area contributed by atoms with E-state index in [1.807, 2.05) is 60.7 Å². The number of para-hydroxylation sites is 1. The second kappa shape index (κ2) is 6.96. The van der Waals surface area contributed by atoms with Crippen molar-refractivity contribution in [3.05, 3.63) is 83.6 Å². The van der Waals surface area contributed by atoms with Gasteiger partial charge in [-0.3, -0.25) is 5.41 Å². The lowest BCUT2D eigenvalue weighted by Crippen LogP contribution is -2.08. The monoisotopic (exact) mass is 317 g/mol. The third kappa shape index (κ3) is 3.43. The molecule has 0 saturated heterocycles.